The number of ether oxygens (including phenoxy) is 3. The Morgan fingerprint density at radius 1 is 1.00 bits per heavy atom. The van der Waals surface area contributed by atoms with E-state index in [0.29, 0.717) is 18.4 Å². The van der Waals surface area contributed by atoms with Crippen molar-refractivity contribution in [2.24, 2.45) is 5.92 Å². The first-order chi connectivity index (χ1) is 13.7. The van der Waals surface area contributed by atoms with Gasteiger partial charge in [0.25, 0.3) is 0 Å². The van der Waals surface area contributed by atoms with Crippen molar-refractivity contribution in [2.45, 2.75) is 33.2 Å². The van der Waals surface area contributed by atoms with Crippen LogP contribution >= 0.6 is 0 Å². The van der Waals surface area contributed by atoms with Crippen LogP contribution in [0.3, 0.4) is 0 Å². The molecule has 0 atom stereocenters. The van der Waals surface area contributed by atoms with E-state index in [1.54, 1.807) is 0 Å². The molecule has 1 aromatic heterocycles. The highest BCUT2D eigenvalue weighted by atomic mass is 16.7. The van der Waals surface area contributed by atoms with E-state index in [-0.39, 0.29) is 6.29 Å². The average Bonchev–Trinajstić information content (AvgIpc) is 3.10. The lowest BCUT2D eigenvalue weighted by Gasteiger charge is -2.27. The number of rotatable bonds is 6. The fourth-order valence-corrected chi connectivity index (χ4v) is 3.23. The maximum absolute atomic E-state index is 5.91. The van der Waals surface area contributed by atoms with Crippen LogP contribution < -0.4 is 4.74 Å². The van der Waals surface area contributed by atoms with Crippen LogP contribution in [0.25, 0.3) is 11.5 Å². The van der Waals surface area contributed by atoms with Crippen LogP contribution in [0.1, 0.15) is 23.9 Å². The fourth-order valence-electron chi connectivity index (χ4n) is 3.23. The number of hydrogen-bond donors (Lipinski definition) is 0. The topological polar surface area (TPSA) is 53.7 Å². The van der Waals surface area contributed by atoms with Gasteiger partial charge < -0.3 is 18.6 Å². The summed E-state index contributed by atoms with van der Waals surface area (Å²) in [5.41, 5.74) is 3.03. The minimum atomic E-state index is -0.0885. The maximum Gasteiger partial charge on any atom is 0.226 e. The molecule has 1 fully saturated rings. The Morgan fingerprint density at radius 3 is 2.43 bits per heavy atom. The zero-order valence-electron chi connectivity index (χ0n) is 16.3. The summed E-state index contributed by atoms with van der Waals surface area (Å²) < 4.78 is 22.8. The Kier molecular flexibility index (Phi) is 5.74. The molecule has 0 saturated carbocycles. The molecule has 4 rings (SSSR count). The molecule has 0 aliphatic carbocycles. The zero-order valence-corrected chi connectivity index (χ0v) is 16.3. The first-order valence-corrected chi connectivity index (χ1v) is 9.64. The molecule has 0 N–H and O–H groups in total. The molecule has 28 heavy (non-hydrogen) atoms. The van der Waals surface area contributed by atoms with Crippen molar-refractivity contribution in [2.75, 3.05) is 13.2 Å². The molecule has 0 bridgehead atoms. The van der Waals surface area contributed by atoms with Gasteiger partial charge in [-0.1, -0.05) is 30.3 Å². The van der Waals surface area contributed by atoms with Crippen molar-refractivity contribution in [1.82, 2.24) is 4.98 Å². The first-order valence-electron chi connectivity index (χ1n) is 9.64. The minimum Gasteiger partial charge on any atom is -0.487 e. The van der Waals surface area contributed by atoms with E-state index in [1.807, 2.05) is 56.3 Å². The van der Waals surface area contributed by atoms with Gasteiger partial charge in [0.2, 0.25) is 5.89 Å². The molecule has 0 unspecified atom stereocenters. The monoisotopic (exact) mass is 379 g/mol. The standard InChI is InChI=1S/C23H25NO4/c1-16-22(24-23(28-16)20-6-4-3-5-7-20)15-27-21-10-8-18(9-11-21)12-19-13-25-17(2)26-14-19/h3-11,17,19H,12-15H2,1-2H3. The number of benzene rings is 2. The first kappa shape index (κ1) is 18.7. The SMILES string of the molecule is Cc1oc(-c2ccccc2)nc1COc1ccc(CC2COC(C)OC2)cc1. The Bertz CT molecular complexity index is 881. The summed E-state index contributed by atoms with van der Waals surface area (Å²) in [5.74, 6) is 2.62. The smallest absolute Gasteiger partial charge is 0.226 e. The van der Waals surface area contributed by atoms with Gasteiger partial charge in [0.05, 0.1) is 13.2 Å². The summed E-state index contributed by atoms with van der Waals surface area (Å²) in [6.45, 7) is 5.71. The van der Waals surface area contributed by atoms with Gasteiger partial charge in [0.1, 0.15) is 23.8 Å². The van der Waals surface area contributed by atoms with Gasteiger partial charge in [-0.05, 0) is 50.1 Å². The Labute approximate surface area is 165 Å². The number of hydrogen-bond acceptors (Lipinski definition) is 5. The van der Waals surface area contributed by atoms with Gasteiger partial charge in [-0.25, -0.2) is 4.98 Å². The molecule has 1 saturated heterocycles. The van der Waals surface area contributed by atoms with Gasteiger partial charge in [-0.15, -0.1) is 0 Å². The van der Waals surface area contributed by atoms with E-state index in [2.05, 4.69) is 17.1 Å². The molecule has 5 heteroatoms. The quantitative estimate of drug-likeness (QED) is 0.617. The van der Waals surface area contributed by atoms with E-state index >= 15 is 0 Å². The molecule has 3 aromatic rings. The third-order valence-electron chi connectivity index (χ3n) is 4.87. The molecular weight excluding hydrogens is 354 g/mol. The van der Waals surface area contributed by atoms with Crippen LogP contribution in [0.5, 0.6) is 5.75 Å². The molecule has 2 aromatic carbocycles. The lowest BCUT2D eigenvalue weighted by atomic mass is 10.0. The van der Waals surface area contributed by atoms with E-state index in [0.717, 1.165) is 42.4 Å². The van der Waals surface area contributed by atoms with Crippen LogP contribution in [0.2, 0.25) is 0 Å². The summed E-state index contributed by atoms with van der Waals surface area (Å²) in [5, 5.41) is 0. The van der Waals surface area contributed by atoms with Crippen molar-refractivity contribution in [1.29, 1.82) is 0 Å². The second-order valence-electron chi connectivity index (χ2n) is 7.12. The number of oxazole rings is 1. The maximum atomic E-state index is 5.91. The van der Waals surface area contributed by atoms with Crippen molar-refractivity contribution in [3.63, 3.8) is 0 Å². The Hall–Kier alpha value is -2.63. The lowest BCUT2D eigenvalue weighted by molar-refractivity contribution is -0.189. The Morgan fingerprint density at radius 2 is 1.71 bits per heavy atom. The second-order valence-corrected chi connectivity index (χ2v) is 7.12. The molecule has 5 nitrogen and oxygen atoms in total. The van der Waals surface area contributed by atoms with Gasteiger partial charge in [0.15, 0.2) is 6.29 Å². The lowest BCUT2D eigenvalue weighted by Crippen LogP contribution is -2.31. The van der Waals surface area contributed by atoms with Gasteiger partial charge in [-0.3, -0.25) is 0 Å². The summed E-state index contributed by atoms with van der Waals surface area (Å²) in [7, 11) is 0. The van der Waals surface area contributed by atoms with Crippen LogP contribution in [0.4, 0.5) is 0 Å². The molecule has 2 heterocycles. The van der Waals surface area contributed by atoms with Crippen molar-refractivity contribution >= 4 is 0 Å². The highest BCUT2D eigenvalue weighted by Gasteiger charge is 2.19. The van der Waals surface area contributed by atoms with Gasteiger partial charge >= 0.3 is 0 Å². The predicted octanol–water partition coefficient (Wildman–Crippen LogP) is 4.78. The number of aromatic nitrogens is 1. The van der Waals surface area contributed by atoms with Crippen molar-refractivity contribution < 1.29 is 18.6 Å². The molecule has 146 valence electrons. The molecular formula is C23H25NO4. The molecule has 1 aliphatic rings. The van der Waals surface area contributed by atoms with E-state index in [9.17, 15) is 0 Å². The van der Waals surface area contributed by atoms with Crippen LogP contribution in [-0.2, 0) is 22.5 Å². The normalized spacial score (nSPS) is 19.5. The molecule has 0 amide bonds. The van der Waals surface area contributed by atoms with Crippen LogP contribution in [0, 0.1) is 12.8 Å². The van der Waals surface area contributed by atoms with Gasteiger partial charge in [0, 0.05) is 11.5 Å². The fraction of sp³-hybridized carbons (Fsp3) is 0.348. The van der Waals surface area contributed by atoms with E-state index in [1.165, 1.54) is 5.56 Å². The summed E-state index contributed by atoms with van der Waals surface area (Å²) in [4.78, 5) is 4.58. The van der Waals surface area contributed by atoms with Crippen LogP contribution in [0.15, 0.2) is 59.0 Å². The number of aryl methyl sites for hydroxylation is 1. The third kappa shape index (κ3) is 4.61. The summed E-state index contributed by atoms with van der Waals surface area (Å²) in [6, 6.07) is 18.1. The van der Waals surface area contributed by atoms with Gasteiger partial charge in [-0.2, -0.15) is 0 Å². The predicted molar refractivity (Wildman–Crippen MR) is 106 cm³/mol. The largest absolute Gasteiger partial charge is 0.487 e. The minimum absolute atomic E-state index is 0.0885. The summed E-state index contributed by atoms with van der Waals surface area (Å²) in [6.07, 6.45) is 0.852. The average molecular weight is 379 g/mol. The Balaban J connectivity index is 1.33. The highest BCUT2D eigenvalue weighted by Crippen LogP contribution is 2.23. The van der Waals surface area contributed by atoms with E-state index < -0.39 is 0 Å². The van der Waals surface area contributed by atoms with Crippen LogP contribution in [-0.4, -0.2) is 24.5 Å². The molecule has 1 aliphatic heterocycles. The van der Waals surface area contributed by atoms with Crippen molar-refractivity contribution in [3.8, 4) is 17.2 Å². The zero-order chi connectivity index (χ0) is 19.3. The van der Waals surface area contributed by atoms with E-state index in [4.69, 9.17) is 18.6 Å². The summed E-state index contributed by atoms with van der Waals surface area (Å²) >= 11 is 0. The second kappa shape index (κ2) is 8.59. The molecule has 0 spiro atoms. The van der Waals surface area contributed by atoms with Crippen molar-refractivity contribution in [3.05, 3.63) is 71.6 Å². The number of nitrogens with zero attached hydrogens (tertiary/aromatic N) is 1. The highest BCUT2D eigenvalue weighted by molar-refractivity contribution is 5.53. The third-order valence-corrected chi connectivity index (χ3v) is 4.87. The molecule has 0 radical (unpaired) electrons.